The number of allylic oxidation sites excluding steroid dienone is 2. The molecule has 4 rings (SSSR count). The van der Waals surface area contributed by atoms with Crippen LogP contribution in [0.1, 0.15) is 72.1 Å². The number of Topliss-reactive ketones (excluding diaryl/α,β-unsaturated/α-hetero) is 1. The molecule has 6 atom stereocenters. The first-order valence-corrected chi connectivity index (χ1v) is 9.24. The molecule has 122 valence electrons. The fourth-order valence-electron chi connectivity index (χ4n) is 7.29. The molecule has 4 aliphatic rings. The predicted octanol–water partition coefficient (Wildman–Crippen LogP) is 4.27. The van der Waals surface area contributed by atoms with E-state index in [1.165, 1.54) is 32.1 Å². The Balaban J connectivity index is 1.81. The summed E-state index contributed by atoms with van der Waals surface area (Å²) in [6.07, 6.45) is 11.0. The lowest BCUT2D eigenvalue weighted by atomic mass is 9.43. The maximum absolute atomic E-state index is 12.5. The topological polar surface area (TPSA) is 37.3 Å². The van der Waals surface area contributed by atoms with Gasteiger partial charge in [0.05, 0.1) is 5.60 Å². The van der Waals surface area contributed by atoms with Crippen LogP contribution in [0.5, 0.6) is 0 Å². The van der Waals surface area contributed by atoms with Crippen LogP contribution in [0.3, 0.4) is 0 Å². The quantitative estimate of drug-likeness (QED) is 0.679. The van der Waals surface area contributed by atoms with E-state index in [-0.39, 0.29) is 10.8 Å². The highest BCUT2D eigenvalue weighted by atomic mass is 16.3. The van der Waals surface area contributed by atoms with E-state index in [9.17, 15) is 9.90 Å². The fourth-order valence-corrected chi connectivity index (χ4v) is 7.29. The molecule has 0 amide bonds. The number of rotatable bonds is 0. The van der Waals surface area contributed by atoms with E-state index in [4.69, 9.17) is 0 Å². The maximum Gasteiger partial charge on any atom is 0.139 e. The lowest BCUT2D eigenvalue weighted by Crippen LogP contribution is -2.61. The molecule has 2 heteroatoms. The van der Waals surface area contributed by atoms with Crippen LogP contribution in [-0.4, -0.2) is 16.5 Å². The standard InChI is InChI=1S/C20H30O2/c1-18-11-5-4-6-13(18)7-8-14-15-9-10-16(21)19(15,2)12-20(3,22)17(14)18/h6,14-15,17,22H,4-5,7-12H2,1-3H3. The largest absolute Gasteiger partial charge is 0.390 e. The summed E-state index contributed by atoms with van der Waals surface area (Å²) in [5, 5.41) is 11.4. The van der Waals surface area contributed by atoms with Gasteiger partial charge in [-0.3, -0.25) is 4.79 Å². The second-order valence-corrected chi connectivity index (χ2v) is 9.24. The number of ketones is 1. The summed E-state index contributed by atoms with van der Waals surface area (Å²) in [6.45, 7) is 6.58. The molecule has 3 fully saturated rings. The molecule has 0 bridgehead atoms. The Hall–Kier alpha value is -0.630. The molecule has 6 unspecified atom stereocenters. The van der Waals surface area contributed by atoms with Crippen molar-refractivity contribution in [1.29, 1.82) is 0 Å². The van der Waals surface area contributed by atoms with Gasteiger partial charge in [-0.1, -0.05) is 25.5 Å². The molecule has 22 heavy (non-hydrogen) atoms. The number of fused-ring (bicyclic) bond motifs is 5. The third-order valence-corrected chi connectivity index (χ3v) is 7.94. The molecular weight excluding hydrogens is 272 g/mol. The first kappa shape index (κ1) is 14.9. The molecule has 4 aliphatic carbocycles. The van der Waals surface area contributed by atoms with Gasteiger partial charge in [-0.2, -0.15) is 0 Å². The molecule has 0 saturated heterocycles. The smallest absolute Gasteiger partial charge is 0.139 e. The molecule has 0 aromatic heterocycles. The molecule has 1 N–H and O–H groups in total. The molecule has 0 spiro atoms. The summed E-state index contributed by atoms with van der Waals surface area (Å²) >= 11 is 0. The van der Waals surface area contributed by atoms with Crippen LogP contribution in [-0.2, 0) is 4.79 Å². The van der Waals surface area contributed by atoms with Crippen molar-refractivity contribution in [3.05, 3.63) is 11.6 Å². The van der Waals surface area contributed by atoms with Gasteiger partial charge in [-0.15, -0.1) is 0 Å². The van der Waals surface area contributed by atoms with Crippen LogP contribution in [0.4, 0.5) is 0 Å². The third kappa shape index (κ3) is 1.74. The van der Waals surface area contributed by atoms with Crippen LogP contribution < -0.4 is 0 Å². The summed E-state index contributed by atoms with van der Waals surface area (Å²) in [5.74, 6) is 1.78. The van der Waals surface area contributed by atoms with Crippen molar-refractivity contribution >= 4 is 5.78 Å². The molecule has 0 aromatic rings. The van der Waals surface area contributed by atoms with Crippen molar-refractivity contribution < 1.29 is 9.90 Å². The average molecular weight is 302 g/mol. The number of aliphatic hydroxyl groups is 1. The minimum absolute atomic E-state index is 0.164. The summed E-state index contributed by atoms with van der Waals surface area (Å²) < 4.78 is 0. The van der Waals surface area contributed by atoms with E-state index >= 15 is 0 Å². The normalized spacial score (nSPS) is 54.3. The van der Waals surface area contributed by atoms with E-state index in [2.05, 4.69) is 19.9 Å². The van der Waals surface area contributed by atoms with Crippen LogP contribution in [0.2, 0.25) is 0 Å². The van der Waals surface area contributed by atoms with E-state index in [1.807, 2.05) is 6.92 Å². The van der Waals surface area contributed by atoms with E-state index in [0.29, 0.717) is 30.0 Å². The minimum Gasteiger partial charge on any atom is -0.390 e. The van der Waals surface area contributed by atoms with Gasteiger partial charge < -0.3 is 5.11 Å². The molecular formula is C20H30O2. The second-order valence-electron chi connectivity index (χ2n) is 9.24. The van der Waals surface area contributed by atoms with Gasteiger partial charge in [0.25, 0.3) is 0 Å². The Morgan fingerprint density at radius 2 is 1.91 bits per heavy atom. The van der Waals surface area contributed by atoms with Gasteiger partial charge >= 0.3 is 0 Å². The maximum atomic E-state index is 12.5. The van der Waals surface area contributed by atoms with Gasteiger partial charge in [0.15, 0.2) is 0 Å². The predicted molar refractivity (Wildman–Crippen MR) is 87.3 cm³/mol. The highest BCUT2D eigenvalue weighted by Gasteiger charge is 2.65. The average Bonchev–Trinajstić information content (AvgIpc) is 2.72. The van der Waals surface area contributed by atoms with Crippen LogP contribution in [0.25, 0.3) is 0 Å². The number of carbonyl (C=O) groups excluding carboxylic acids is 1. The zero-order chi connectivity index (χ0) is 15.8. The fraction of sp³-hybridized carbons (Fsp3) is 0.850. The van der Waals surface area contributed by atoms with Crippen LogP contribution in [0.15, 0.2) is 11.6 Å². The van der Waals surface area contributed by atoms with E-state index in [0.717, 1.165) is 12.8 Å². The molecule has 0 heterocycles. The number of hydrogen-bond donors (Lipinski definition) is 1. The van der Waals surface area contributed by atoms with Gasteiger partial charge in [0.2, 0.25) is 0 Å². The molecule has 0 aromatic carbocycles. The Kier molecular flexibility index (Phi) is 3.03. The Labute approximate surface area is 134 Å². The third-order valence-electron chi connectivity index (χ3n) is 7.94. The van der Waals surface area contributed by atoms with Gasteiger partial charge in [0.1, 0.15) is 5.78 Å². The van der Waals surface area contributed by atoms with Crippen molar-refractivity contribution in [2.24, 2.45) is 28.6 Å². The van der Waals surface area contributed by atoms with Crippen LogP contribution in [0, 0.1) is 28.6 Å². The Bertz CT molecular complexity index is 546. The molecule has 0 radical (unpaired) electrons. The van der Waals surface area contributed by atoms with Crippen molar-refractivity contribution in [1.82, 2.24) is 0 Å². The van der Waals surface area contributed by atoms with Gasteiger partial charge in [0, 0.05) is 11.8 Å². The van der Waals surface area contributed by atoms with E-state index < -0.39 is 5.60 Å². The summed E-state index contributed by atoms with van der Waals surface area (Å²) in [4.78, 5) is 12.5. The summed E-state index contributed by atoms with van der Waals surface area (Å²) in [5.41, 5.74) is 0.795. The zero-order valence-electron chi connectivity index (χ0n) is 14.3. The molecule has 0 aliphatic heterocycles. The van der Waals surface area contributed by atoms with E-state index in [1.54, 1.807) is 5.57 Å². The SMILES string of the molecule is CC1(O)CC2(C)C(=O)CCC2C2CCC3=CCCCC3(C)C21. The second kappa shape index (κ2) is 4.47. The lowest BCUT2D eigenvalue weighted by molar-refractivity contribution is -0.179. The highest BCUT2D eigenvalue weighted by Crippen LogP contribution is 2.67. The molecule has 3 saturated carbocycles. The van der Waals surface area contributed by atoms with Gasteiger partial charge in [-0.05, 0) is 75.0 Å². The van der Waals surface area contributed by atoms with Crippen LogP contribution >= 0.6 is 0 Å². The minimum atomic E-state index is -0.707. The Morgan fingerprint density at radius 3 is 2.68 bits per heavy atom. The molecule has 2 nitrogen and oxygen atoms in total. The highest BCUT2D eigenvalue weighted by molar-refractivity contribution is 5.87. The monoisotopic (exact) mass is 302 g/mol. The summed E-state index contributed by atoms with van der Waals surface area (Å²) in [7, 11) is 0. The van der Waals surface area contributed by atoms with Crippen molar-refractivity contribution in [2.45, 2.75) is 77.7 Å². The van der Waals surface area contributed by atoms with Gasteiger partial charge in [-0.25, -0.2) is 0 Å². The number of carbonyl (C=O) groups is 1. The first-order chi connectivity index (χ1) is 10.3. The first-order valence-electron chi connectivity index (χ1n) is 9.24. The lowest BCUT2D eigenvalue weighted by Gasteiger charge is -2.62. The van der Waals surface area contributed by atoms with Crippen molar-refractivity contribution in [3.8, 4) is 0 Å². The zero-order valence-corrected chi connectivity index (χ0v) is 14.3. The van der Waals surface area contributed by atoms with Crippen molar-refractivity contribution in [3.63, 3.8) is 0 Å². The van der Waals surface area contributed by atoms with Crippen molar-refractivity contribution in [2.75, 3.05) is 0 Å². The summed E-state index contributed by atoms with van der Waals surface area (Å²) in [6, 6.07) is 0. The Morgan fingerprint density at radius 1 is 1.14 bits per heavy atom. The number of hydrogen-bond acceptors (Lipinski definition) is 2.